The zero-order chi connectivity index (χ0) is 18.0. The number of alkyl halides is 3. The standard InChI is InChI=1S/C16H18F3N5O/c1-9-5-13(16(17,18)19)24-15(21-9)7-20-14-6-12(22-10(2)23-14)11-3-4-25-8-11/h5-6,11H,3-4,7-8H2,1-2H3,(H,20,22,23)/t11-/m1/s1. The van der Waals surface area contributed by atoms with Gasteiger partial charge in [0.2, 0.25) is 0 Å². The Kier molecular flexibility index (Phi) is 4.85. The molecule has 0 unspecified atom stereocenters. The van der Waals surface area contributed by atoms with E-state index in [2.05, 4.69) is 25.3 Å². The summed E-state index contributed by atoms with van der Waals surface area (Å²) in [6.45, 7) is 4.64. The maximum Gasteiger partial charge on any atom is 0.433 e. The third kappa shape index (κ3) is 4.41. The van der Waals surface area contributed by atoms with E-state index in [1.54, 1.807) is 13.0 Å². The Labute approximate surface area is 142 Å². The van der Waals surface area contributed by atoms with Crippen LogP contribution in [0, 0.1) is 13.8 Å². The molecular formula is C16H18F3N5O. The highest BCUT2D eigenvalue weighted by Crippen LogP contribution is 2.28. The van der Waals surface area contributed by atoms with E-state index in [1.807, 2.05) is 0 Å². The molecule has 3 heterocycles. The average Bonchev–Trinajstić information content (AvgIpc) is 3.05. The molecule has 1 saturated heterocycles. The van der Waals surface area contributed by atoms with Gasteiger partial charge in [-0.25, -0.2) is 19.9 Å². The molecule has 1 atom stereocenters. The number of nitrogens with one attached hydrogen (secondary N) is 1. The summed E-state index contributed by atoms with van der Waals surface area (Å²) in [4.78, 5) is 16.3. The monoisotopic (exact) mass is 353 g/mol. The van der Waals surface area contributed by atoms with E-state index >= 15 is 0 Å². The van der Waals surface area contributed by atoms with Gasteiger partial charge in [0, 0.05) is 24.3 Å². The van der Waals surface area contributed by atoms with Gasteiger partial charge in [0.25, 0.3) is 0 Å². The molecular weight excluding hydrogens is 335 g/mol. The lowest BCUT2D eigenvalue weighted by Crippen LogP contribution is -2.14. The molecule has 2 aromatic rings. The van der Waals surface area contributed by atoms with Gasteiger partial charge >= 0.3 is 6.18 Å². The molecule has 1 N–H and O–H groups in total. The van der Waals surface area contributed by atoms with Gasteiger partial charge < -0.3 is 10.1 Å². The smallest absolute Gasteiger partial charge is 0.381 e. The Morgan fingerprint density at radius 2 is 1.96 bits per heavy atom. The molecule has 0 bridgehead atoms. The summed E-state index contributed by atoms with van der Waals surface area (Å²) in [6.07, 6.45) is -3.60. The molecule has 25 heavy (non-hydrogen) atoms. The molecule has 1 fully saturated rings. The Bertz CT molecular complexity index is 760. The van der Waals surface area contributed by atoms with Crippen molar-refractivity contribution in [3.05, 3.63) is 40.9 Å². The first kappa shape index (κ1) is 17.5. The lowest BCUT2D eigenvalue weighted by Gasteiger charge is -2.12. The van der Waals surface area contributed by atoms with Crippen molar-refractivity contribution >= 4 is 5.82 Å². The molecule has 1 aliphatic rings. The maximum atomic E-state index is 12.8. The van der Waals surface area contributed by atoms with E-state index in [0.717, 1.165) is 18.2 Å². The van der Waals surface area contributed by atoms with Crippen molar-refractivity contribution in [3.8, 4) is 0 Å². The second-order valence-corrected chi connectivity index (χ2v) is 5.95. The zero-order valence-electron chi connectivity index (χ0n) is 13.9. The van der Waals surface area contributed by atoms with Crippen LogP contribution in [-0.4, -0.2) is 33.1 Å². The van der Waals surface area contributed by atoms with E-state index in [4.69, 9.17) is 4.74 Å². The fourth-order valence-electron chi connectivity index (χ4n) is 2.68. The number of hydrogen-bond donors (Lipinski definition) is 1. The quantitative estimate of drug-likeness (QED) is 0.911. The summed E-state index contributed by atoms with van der Waals surface area (Å²) in [5.74, 6) is 1.41. The van der Waals surface area contributed by atoms with E-state index in [1.165, 1.54) is 6.92 Å². The highest BCUT2D eigenvalue weighted by Gasteiger charge is 2.33. The van der Waals surface area contributed by atoms with Crippen molar-refractivity contribution in [3.63, 3.8) is 0 Å². The first-order chi connectivity index (χ1) is 11.8. The van der Waals surface area contributed by atoms with E-state index in [-0.39, 0.29) is 24.0 Å². The van der Waals surface area contributed by atoms with Crippen molar-refractivity contribution in [2.24, 2.45) is 0 Å². The average molecular weight is 353 g/mol. The van der Waals surface area contributed by atoms with Gasteiger partial charge in [0.05, 0.1) is 18.8 Å². The van der Waals surface area contributed by atoms with Crippen LogP contribution in [0.5, 0.6) is 0 Å². The molecule has 9 heteroatoms. The third-order valence-corrected chi connectivity index (χ3v) is 3.82. The van der Waals surface area contributed by atoms with E-state index < -0.39 is 11.9 Å². The van der Waals surface area contributed by atoms with Crippen LogP contribution in [0.1, 0.15) is 41.1 Å². The number of aryl methyl sites for hydroxylation is 2. The van der Waals surface area contributed by atoms with Gasteiger partial charge in [0.15, 0.2) is 0 Å². The Morgan fingerprint density at radius 1 is 1.16 bits per heavy atom. The molecule has 3 rings (SSSR count). The molecule has 134 valence electrons. The first-order valence-corrected chi connectivity index (χ1v) is 7.90. The molecule has 0 radical (unpaired) electrons. The van der Waals surface area contributed by atoms with Gasteiger partial charge in [0.1, 0.15) is 23.2 Å². The van der Waals surface area contributed by atoms with Gasteiger partial charge in [-0.1, -0.05) is 0 Å². The summed E-state index contributed by atoms with van der Waals surface area (Å²) in [5, 5.41) is 2.99. The molecule has 2 aromatic heterocycles. The number of rotatable bonds is 4. The van der Waals surface area contributed by atoms with Crippen LogP contribution >= 0.6 is 0 Å². The summed E-state index contributed by atoms with van der Waals surface area (Å²) in [6, 6.07) is 2.73. The predicted octanol–water partition coefficient (Wildman–Crippen LogP) is 3.02. The molecule has 0 spiro atoms. The Morgan fingerprint density at radius 3 is 2.64 bits per heavy atom. The Hall–Kier alpha value is -2.29. The summed E-state index contributed by atoms with van der Waals surface area (Å²) in [5.41, 5.74) is 0.190. The number of nitrogens with zero attached hydrogens (tertiary/aromatic N) is 4. The molecule has 0 saturated carbocycles. The van der Waals surface area contributed by atoms with Gasteiger partial charge in [-0.2, -0.15) is 13.2 Å². The van der Waals surface area contributed by atoms with Crippen LogP contribution in [0.4, 0.5) is 19.0 Å². The van der Waals surface area contributed by atoms with Crippen LogP contribution in [0.2, 0.25) is 0 Å². The number of anilines is 1. The van der Waals surface area contributed by atoms with Crippen molar-refractivity contribution in [1.82, 2.24) is 19.9 Å². The maximum absolute atomic E-state index is 12.8. The fraction of sp³-hybridized carbons (Fsp3) is 0.500. The fourth-order valence-corrected chi connectivity index (χ4v) is 2.68. The molecule has 0 aromatic carbocycles. The van der Waals surface area contributed by atoms with Crippen molar-refractivity contribution in [1.29, 1.82) is 0 Å². The van der Waals surface area contributed by atoms with Crippen LogP contribution in [0.15, 0.2) is 12.1 Å². The molecule has 0 amide bonds. The van der Waals surface area contributed by atoms with Crippen molar-refractivity contribution in [2.75, 3.05) is 18.5 Å². The van der Waals surface area contributed by atoms with Crippen LogP contribution in [0.25, 0.3) is 0 Å². The minimum absolute atomic E-state index is 0.0435. The zero-order valence-corrected chi connectivity index (χ0v) is 13.9. The van der Waals surface area contributed by atoms with Crippen LogP contribution in [0.3, 0.4) is 0 Å². The summed E-state index contributed by atoms with van der Waals surface area (Å²) in [7, 11) is 0. The molecule has 6 nitrogen and oxygen atoms in total. The summed E-state index contributed by atoms with van der Waals surface area (Å²) >= 11 is 0. The third-order valence-electron chi connectivity index (χ3n) is 3.82. The topological polar surface area (TPSA) is 72.8 Å². The second-order valence-electron chi connectivity index (χ2n) is 5.95. The number of halogens is 3. The Balaban J connectivity index is 1.76. The first-order valence-electron chi connectivity index (χ1n) is 7.90. The number of aromatic nitrogens is 4. The number of hydrogen-bond acceptors (Lipinski definition) is 6. The lowest BCUT2D eigenvalue weighted by molar-refractivity contribution is -0.141. The minimum Gasteiger partial charge on any atom is -0.381 e. The van der Waals surface area contributed by atoms with Gasteiger partial charge in [-0.15, -0.1) is 0 Å². The normalized spacial score (nSPS) is 17.7. The van der Waals surface area contributed by atoms with Crippen molar-refractivity contribution in [2.45, 2.75) is 38.9 Å². The predicted molar refractivity (Wildman–Crippen MR) is 84.0 cm³/mol. The van der Waals surface area contributed by atoms with Crippen LogP contribution in [-0.2, 0) is 17.5 Å². The van der Waals surface area contributed by atoms with Crippen molar-refractivity contribution < 1.29 is 17.9 Å². The second kappa shape index (κ2) is 6.91. The van der Waals surface area contributed by atoms with E-state index in [9.17, 15) is 13.2 Å². The minimum atomic E-state index is -4.50. The van der Waals surface area contributed by atoms with Gasteiger partial charge in [-0.3, -0.25) is 0 Å². The SMILES string of the molecule is Cc1cc(C(F)(F)F)nc(CNc2cc([C@@H]3CCOC3)nc(C)n2)n1. The largest absolute Gasteiger partial charge is 0.433 e. The highest BCUT2D eigenvalue weighted by atomic mass is 19.4. The van der Waals surface area contributed by atoms with Crippen LogP contribution < -0.4 is 5.32 Å². The highest BCUT2D eigenvalue weighted by molar-refractivity contribution is 5.37. The van der Waals surface area contributed by atoms with Gasteiger partial charge in [-0.05, 0) is 26.3 Å². The lowest BCUT2D eigenvalue weighted by atomic mass is 10.0. The summed E-state index contributed by atoms with van der Waals surface area (Å²) < 4.78 is 43.9. The molecule has 1 aliphatic heterocycles. The van der Waals surface area contributed by atoms with E-state index in [0.29, 0.717) is 24.9 Å². The molecule has 0 aliphatic carbocycles. The number of ether oxygens (including phenoxy) is 1.